The summed E-state index contributed by atoms with van der Waals surface area (Å²) in [6.45, 7) is 5.31. The van der Waals surface area contributed by atoms with Crippen LogP contribution in [0.15, 0.2) is 60.7 Å². The van der Waals surface area contributed by atoms with Crippen LogP contribution in [0.2, 0.25) is 0 Å². The molecule has 18 heavy (non-hydrogen) atoms. The second kappa shape index (κ2) is 8.07. The molecule has 0 aliphatic rings. The van der Waals surface area contributed by atoms with E-state index in [1.165, 1.54) is 0 Å². The van der Waals surface area contributed by atoms with Crippen molar-refractivity contribution in [3.05, 3.63) is 78.7 Å². The van der Waals surface area contributed by atoms with Gasteiger partial charge >= 0.3 is 5.97 Å². The third-order valence-electron chi connectivity index (χ3n) is 2.22. The zero-order valence-electron chi connectivity index (χ0n) is 10.5. The molecule has 0 saturated heterocycles. The lowest BCUT2D eigenvalue weighted by Gasteiger charge is -2.04. The molecule has 2 heteroatoms. The average Bonchev–Trinajstić information content (AvgIpc) is 2.49. The van der Waals surface area contributed by atoms with Crippen molar-refractivity contribution in [1.82, 2.24) is 0 Å². The highest BCUT2D eigenvalue weighted by Crippen LogP contribution is 2.05. The Labute approximate surface area is 108 Å². The van der Waals surface area contributed by atoms with E-state index in [2.05, 4.69) is 6.92 Å². The maximum atomic E-state index is 11.6. The zero-order chi connectivity index (χ0) is 13.2. The van der Waals surface area contributed by atoms with Crippen molar-refractivity contribution in [2.75, 3.05) is 0 Å². The van der Waals surface area contributed by atoms with E-state index in [4.69, 9.17) is 4.74 Å². The van der Waals surface area contributed by atoms with E-state index in [9.17, 15) is 4.79 Å². The van der Waals surface area contributed by atoms with Crippen LogP contribution in [0.5, 0.6) is 0 Å². The van der Waals surface area contributed by atoms with E-state index in [0.717, 1.165) is 5.56 Å². The highest BCUT2D eigenvalue weighted by molar-refractivity contribution is 5.89. The van der Waals surface area contributed by atoms with E-state index in [1.54, 1.807) is 19.1 Å². The minimum Gasteiger partial charge on any atom is -0.457 e. The average molecular weight is 241 g/mol. The number of hydrogen-bond donors (Lipinski definition) is 0. The van der Waals surface area contributed by atoms with Crippen LogP contribution in [-0.2, 0) is 11.3 Å². The van der Waals surface area contributed by atoms with Crippen molar-refractivity contribution >= 4 is 5.97 Å². The highest BCUT2D eigenvalue weighted by Gasteiger charge is 2.05. The summed E-state index contributed by atoms with van der Waals surface area (Å²) < 4.78 is 5.18. The van der Waals surface area contributed by atoms with E-state index in [0.29, 0.717) is 12.2 Å². The Morgan fingerprint density at radius 1 is 0.944 bits per heavy atom. The van der Waals surface area contributed by atoms with E-state index in [-0.39, 0.29) is 5.97 Å². The molecule has 2 rings (SSSR count). The third-order valence-corrected chi connectivity index (χ3v) is 2.22. The maximum Gasteiger partial charge on any atom is 0.338 e. The predicted octanol–water partition coefficient (Wildman–Crippen LogP) is 3.88. The molecule has 0 N–H and O–H groups in total. The molecule has 0 amide bonds. The molecular weight excluding hydrogens is 224 g/mol. The molecule has 1 radical (unpaired) electrons. The minimum absolute atomic E-state index is 0.288. The van der Waals surface area contributed by atoms with Gasteiger partial charge in [-0.1, -0.05) is 62.4 Å². The minimum atomic E-state index is -0.288. The molecule has 0 heterocycles. The smallest absolute Gasteiger partial charge is 0.338 e. The second-order valence-corrected chi connectivity index (χ2v) is 3.43. The Kier molecular flexibility index (Phi) is 6.26. The molecule has 0 saturated carbocycles. The highest BCUT2D eigenvalue weighted by atomic mass is 16.5. The van der Waals surface area contributed by atoms with Gasteiger partial charge in [0.05, 0.1) is 5.56 Å². The van der Waals surface area contributed by atoms with Gasteiger partial charge in [0.15, 0.2) is 0 Å². The van der Waals surface area contributed by atoms with Crippen molar-refractivity contribution in [3.63, 3.8) is 0 Å². The quantitative estimate of drug-likeness (QED) is 0.762. The van der Waals surface area contributed by atoms with Gasteiger partial charge in [0.25, 0.3) is 0 Å². The van der Waals surface area contributed by atoms with Gasteiger partial charge in [0.2, 0.25) is 0 Å². The van der Waals surface area contributed by atoms with Crippen LogP contribution in [0, 0.1) is 6.92 Å². The molecule has 2 nitrogen and oxygen atoms in total. The topological polar surface area (TPSA) is 26.3 Å². The largest absolute Gasteiger partial charge is 0.457 e. The molecule has 0 aliphatic heterocycles. The molecule has 0 spiro atoms. The summed E-state index contributed by atoms with van der Waals surface area (Å²) in [5.41, 5.74) is 1.57. The summed E-state index contributed by atoms with van der Waals surface area (Å²) in [5.74, 6) is -0.288. The molecule has 2 aromatic carbocycles. The number of carbonyl (C=O) groups is 1. The Balaban J connectivity index is 0.000000771. The Morgan fingerprint density at radius 2 is 1.44 bits per heavy atom. The molecule has 0 aromatic heterocycles. The van der Waals surface area contributed by atoms with Gasteiger partial charge in [0, 0.05) is 0 Å². The molecule has 93 valence electrons. The predicted molar refractivity (Wildman–Crippen MR) is 73.0 cm³/mol. The van der Waals surface area contributed by atoms with E-state index < -0.39 is 0 Å². The first-order valence-corrected chi connectivity index (χ1v) is 5.83. The first-order chi connectivity index (χ1) is 8.86. The van der Waals surface area contributed by atoms with Crippen LogP contribution < -0.4 is 0 Å². The summed E-state index contributed by atoms with van der Waals surface area (Å²) >= 11 is 0. The number of esters is 1. The standard InChI is InChI=1S/C14H12O2.C2H5/c15-14(13-9-5-2-6-10-13)16-11-12-7-3-1-4-8-12;1-2/h1-10H,11H2;1H2,2H3. The van der Waals surface area contributed by atoms with Crippen molar-refractivity contribution in [1.29, 1.82) is 0 Å². The third kappa shape index (κ3) is 4.42. The summed E-state index contributed by atoms with van der Waals surface area (Å²) in [4.78, 5) is 11.6. The number of benzene rings is 2. The molecule has 0 atom stereocenters. The van der Waals surface area contributed by atoms with Gasteiger partial charge in [-0.3, -0.25) is 0 Å². The van der Waals surface area contributed by atoms with Gasteiger partial charge in [-0.05, 0) is 17.7 Å². The van der Waals surface area contributed by atoms with Gasteiger partial charge in [0.1, 0.15) is 6.61 Å². The van der Waals surface area contributed by atoms with Crippen LogP contribution in [0.4, 0.5) is 0 Å². The Morgan fingerprint density at radius 3 is 2.00 bits per heavy atom. The van der Waals surface area contributed by atoms with Gasteiger partial charge in [-0.15, -0.1) is 0 Å². The fraction of sp³-hybridized carbons (Fsp3) is 0.125. The fourth-order valence-corrected chi connectivity index (χ4v) is 1.38. The monoisotopic (exact) mass is 241 g/mol. The van der Waals surface area contributed by atoms with Crippen LogP contribution in [0.25, 0.3) is 0 Å². The lowest BCUT2D eigenvalue weighted by atomic mass is 10.2. The first kappa shape index (κ1) is 14.0. The van der Waals surface area contributed by atoms with Gasteiger partial charge < -0.3 is 4.74 Å². The molecule has 2 aromatic rings. The number of ether oxygens (including phenoxy) is 1. The zero-order valence-corrected chi connectivity index (χ0v) is 10.5. The van der Waals surface area contributed by atoms with Crippen molar-refractivity contribution < 1.29 is 9.53 Å². The van der Waals surface area contributed by atoms with Crippen LogP contribution in [0.1, 0.15) is 22.8 Å². The Bertz CT molecular complexity index is 449. The molecule has 0 bridgehead atoms. The van der Waals surface area contributed by atoms with E-state index >= 15 is 0 Å². The lowest BCUT2D eigenvalue weighted by molar-refractivity contribution is 0.0472. The number of hydrogen-bond acceptors (Lipinski definition) is 2. The van der Waals surface area contributed by atoms with E-state index in [1.807, 2.05) is 48.5 Å². The van der Waals surface area contributed by atoms with Crippen molar-refractivity contribution in [2.24, 2.45) is 0 Å². The normalized spacial score (nSPS) is 9.00. The van der Waals surface area contributed by atoms with Crippen LogP contribution in [-0.4, -0.2) is 5.97 Å². The van der Waals surface area contributed by atoms with Crippen molar-refractivity contribution in [2.45, 2.75) is 13.5 Å². The molecule has 0 aliphatic carbocycles. The van der Waals surface area contributed by atoms with Crippen LogP contribution >= 0.6 is 0 Å². The molecular formula is C16H17O2. The summed E-state index contributed by atoms with van der Waals surface area (Å²) in [5, 5.41) is 0. The first-order valence-electron chi connectivity index (χ1n) is 5.83. The fourth-order valence-electron chi connectivity index (χ4n) is 1.38. The molecule has 0 unspecified atom stereocenters. The SMILES string of the molecule is O=C(OCc1ccccc1)c1ccccc1.[CH2]C. The summed E-state index contributed by atoms with van der Waals surface area (Å²) in [6.07, 6.45) is 0. The van der Waals surface area contributed by atoms with Crippen molar-refractivity contribution in [3.8, 4) is 0 Å². The summed E-state index contributed by atoms with van der Waals surface area (Å²) in [6, 6.07) is 18.6. The maximum absolute atomic E-state index is 11.6. The molecule has 0 fully saturated rings. The van der Waals surface area contributed by atoms with Crippen LogP contribution in [0.3, 0.4) is 0 Å². The second-order valence-electron chi connectivity index (χ2n) is 3.43. The van der Waals surface area contributed by atoms with Gasteiger partial charge in [-0.25, -0.2) is 4.79 Å². The van der Waals surface area contributed by atoms with Gasteiger partial charge in [-0.2, -0.15) is 0 Å². The number of carbonyl (C=O) groups excluding carboxylic acids is 1. The number of rotatable bonds is 3. The lowest BCUT2D eigenvalue weighted by Crippen LogP contribution is -2.04. The summed E-state index contributed by atoms with van der Waals surface area (Å²) in [7, 11) is 0. The Hall–Kier alpha value is -2.09.